The molecule has 2 unspecified atom stereocenters. The summed E-state index contributed by atoms with van der Waals surface area (Å²) in [5.41, 5.74) is 1.17. The molecule has 0 bridgehead atoms. The summed E-state index contributed by atoms with van der Waals surface area (Å²) in [7, 11) is 0. The fraction of sp³-hybridized carbons (Fsp3) is 0.562. The maximum Gasteiger partial charge on any atom is 0.238 e. The van der Waals surface area contributed by atoms with Crippen LogP contribution in [0.25, 0.3) is 0 Å². The first-order valence-corrected chi connectivity index (χ1v) is 8.44. The lowest BCUT2D eigenvalue weighted by Crippen LogP contribution is -2.38. The van der Waals surface area contributed by atoms with Crippen LogP contribution in [0.2, 0.25) is 0 Å². The summed E-state index contributed by atoms with van der Waals surface area (Å²) in [6.45, 7) is 6.99. The van der Waals surface area contributed by atoms with E-state index in [9.17, 15) is 4.79 Å². The Morgan fingerprint density at radius 3 is 2.50 bits per heavy atom. The maximum absolute atomic E-state index is 12.2. The second-order valence-corrected chi connectivity index (χ2v) is 6.72. The number of hydrogen-bond donors (Lipinski definition) is 1. The summed E-state index contributed by atoms with van der Waals surface area (Å²) in [6, 6.07) is 8.75. The average molecular weight is 292 g/mol. The fourth-order valence-corrected chi connectivity index (χ4v) is 3.29. The molecule has 2 rings (SSSR count). The van der Waals surface area contributed by atoms with Crippen LogP contribution in [-0.4, -0.2) is 29.6 Å². The molecule has 1 aromatic rings. The minimum atomic E-state index is 0.0205. The Kier molecular flexibility index (Phi) is 5.11. The number of carbonyl (C=O) groups is 1. The SMILES string of the molecule is CSc1ccc(C2NCC(=O)N2C(C)CC(C)C)cc1. The highest BCUT2D eigenvalue weighted by Gasteiger charge is 2.34. The highest BCUT2D eigenvalue weighted by atomic mass is 32.2. The van der Waals surface area contributed by atoms with Gasteiger partial charge in [-0.25, -0.2) is 0 Å². The van der Waals surface area contributed by atoms with Crippen molar-refractivity contribution in [3.05, 3.63) is 29.8 Å². The van der Waals surface area contributed by atoms with E-state index < -0.39 is 0 Å². The Labute approximate surface area is 126 Å². The van der Waals surface area contributed by atoms with Crippen LogP contribution in [0, 0.1) is 5.92 Å². The van der Waals surface area contributed by atoms with Crippen LogP contribution in [0.5, 0.6) is 0 Å². The van der Waals surface area contributed by atoms with Crippen LogP contribution >= 0.6 is 11.8 Å². The van der Waals surface area contributed by atoms with Crippen molar-refractivity contribution in [2.75, 3.05) is 12.8 Å². The van der Waals surface area contributed by atoms with Gasteiger partial charge in [0.2, 0.25) is 5.91 Å². The van der Waals surface area contributed by atoms with Gasteiger partial charge in [0.1, 0.15) is 6.17 Å². The highest BCUT2D eigenvalue weighted by molar-refractivity contribution is 7.98. The first kappa shape index (κ1) is 15.4. The molecule has 0 aromatic heterocycles. The number of rotatable bonds is 5. The molecule has 1 aliphatic rings. The Hall–Kier alpha value is -1.00. The molecule has 0 radical (unpaired) electrons. The summed E-state index contributed by atoms with van der Waals surface area (Å²) in [5, 5.41) is 3.33. The number of nitrogens with one attached hydrogen (secondary N) is 1. The van der Waals surface area contributed by atoms with Crippen LogP contribution in [0.15, 0.2) is 29.2 Å². The van der Waals surface area contributed by atoms with Gasteiger partial charge in [-0.2, -0.15) is 0 Å². The van der Waals surface area contributed by atoms with Crippen LogP contribution in [-0.2, 0) is 4.79 Å². The zero-order valence-electron chi connectivity index (χ0n) is 12.7. The van der Waals surface area contributed by atoms with Crippen molar-refractivity contribution in [3.8, 4) is 0 Å². The third-order valence-electron chi connectivity index (χ3n) is 3.73. The largest absolute Gasteiger partial charge is 0.319 e. The van der Waals surface area contributed by atoms with Crippen LogP contribution < -0.4 is 5.32 Å². The van der Waals surface area contributed by atoms with Crippen LogP contribution in [0.4, 0.5) is 0 Å². The molecule has 0 saturated carbocycles. The molecule has 1 saturated heterocycles. The third kappa shape index (κ3) is 3.36. The summed E-state index contributed by atoms with van der Waals surface area (Å²) in [6.07, 6.45) is 3.13. The minimum Gasteiger partial charge on any atom is -0.319 e. The summed E-state index contributed by atoms with van der Waals surface area (Å²) in [5.74, 6) is 0.801. The van der Waals surface area contributed by atoms with Crippen LogP contribution in [0.1, 0.15) is 38.9 Å². The average Bonchev–Trinajstić information content (AvgIpc) is 2.80. The lowest BCUT2D eigenvalue weighted by atomic mass is 10.0. The first-order valence-electron chi connectivity index (χ1n) is 7.21. The molecule has 2 atom stereocenters. The summed E-state index contributed by atoms with van der Waals surface area (Å²) >= 11 is 1.74. The summed E-state index contributed by atoms with van der Waals surface area (Å²) in [4.78, 5) is 15.4. The number of thioether (sulfide) groups is 1. The van der Waals surface area contributed by atoms with Gasteiger partial charge in [-0.3, -0.25) is 10.1 Å². The molecule has 1 amide bonds. The highest BCUT2D eigenvalue weighted by Crippen LogP contribution is 2.28. The third-order valence-corrected chi connectivity index (χ3v) is 4.48. The van der Waals surface area contributed by atoms with Crippen LogP contribution in [0.3, 0.4) is 0 Å². The normalized spacial score (nSPS) is 20.8. The zero-order chi connectivity index (χ0) is 14.7. The Morgan fingerprint density at radius 2 is 1.95 bits per heavy atom. The molecule has 1 fully saturated rings. The summed E-state index contributed by atoms with van der Waals surface area (Å²) < 4.78 is 0. The Bertz CT molecular complexity index is 458. The van der Waals surface area contributed by atoms with Gasteiger partial charge in [0.15, 0.2) is 0 Å². The first-order chi connectivity index (χ1) is 9.52. The zero-order valence-corrected chi connectivity index (χ0v) is 13.5. The second-order valence-electron chi connectivity index (χ2n) is 5.84. The van der Waals surface area contributed by atoms with E-state index >= 15 is 0 Å². The number of carbonyl (C=O) groups excluding carboxylic acids is 1. The molecule has 1 aromatic carbocycles. The van der Waals surface area contributed by atoms with E-state index in [1.807, 2.05) is 4.90 Å². The van der Waals surface area contributed by atoms with Crippen molar-refractivity contribution in [1.29, 1.82) is 0 Å². The number of benzene rings is 1. The quantitative estimate of drug-likeness (QED) is 0.845. The molecular weight excluding hydrogens is 268 g/mol. The van der Waals surface area contributed by atoms with Gasteiger partial charge in [-0.15, -0.1) is 11.8 Å². The molecule has 0 aliphatic carbocycles. The van der Waals surface area contributed by atoms with E-state index in [-0.39, 0.29) is 18.1 Å². The second kappa shape index (κ2) is 6.64. The monoisotopic (exact) mass is 292 g/mol. The van der Waals surface area contributed by atoms with E-state index in [1.54, 1.807) is 11.8 Å². The molecule has 0 spiro atoms. The fourth-order valence-electron chi connectivity index (χ4n) is 2.88. The van der Waals surface area contributed by atoms with Crippen molar-refractivity contribution < 1.29 is 4.79 Å². The van der Waals surface area contributed by atoms with Gasteiger partial charge in [0.05, 0.1) is 6.54 Å². The van der Waals surface area contributed by atoms with Gasteiger partial charge in [0, 0.05) is 10.9 Å². The lowest BCUT2D eigenvalue weighted by Gasteiger charge is -2.31. The van der Waals surface area contributed by atoms with E-state index in [0.717, 1.165) is 6.42 Å². The number of nitrogens with zero attached hydrogens (tertiary/aromatic N) is 1. The topological polar surface area (TPSA) is 32.3 Å². The smallest absolute Gasteiger partial charge is 0.238 e. The predicted octanol–water partition coefficient (Wildman–Crippen LogP) is 3.27. The molecule has 3 nitrogen and oxygen atoms in total. The van der Waals surface area contributed by atoms with Gasteiger partial charge >= 0.3 is 0 Å². The van der Waals surface area contributed by atoms with Gasteiger partial charge in [-0.1, -0.05) is 26.0 Å². The van der Waals surface area contributed by atoms with Crippen molar-refractivity contribution in [2.45, 2.75) is 44.3 Å². The molecule has 4 heteroatoms. The van der Waals surface area contributed by atoms with E-state index in [2.05, 4.69) is 56.6 Å². The van der Waals surface area contributed by atoms with Crippen molar-refractivity contribution >= 4 is 17.7 Å². The van der Waals surface area contributed by atoms with E-state index in [4.69, 9.17) is 0 Å². The van der Waals surface area contributed by atoms with E-state index in [1.165, 1.54) is 10.5 Å². The van der Waals surface area contributed by atoms with Crippen molar-refractivity contribution in [2.24, 2.45) is 5.92 Å². The number of amides is 1. The molecule has 20 heavy (non-hydrogen) atoms. The van der Waals surface area contributed by atoms with Gasteiger partial charge < -0.3 is 4.90 Å². The van der Waals surface area contributed by atoms with E-state index in [0.29, 0.717) is 12.5 Å². The van der Waals surface area contributed by atoms with Crippen molar-refractivity contribution in [1.82, 2.24) is 10.2 Å². The Morgan fingerprint density at radius 1 is 1.30 bits per heavy atom. The molecule has 1 heterocycles. The number of hydrogen-bond acceptors (Lipinski definition) is 3. The molecular formula is C16H24N2OS. The molecule has 110 valence electrons. The Balaban J connectivity index is 2.18. The van der Waals surface area contributed by atoms with Crippen molar-refractivity contribution in [3.63, 3.8) is 0 Å². The minimum absolute atomic E-state index is 0.0205. The maximum atomic E-state index is 12.2. The predicted molar refractivity (Wildman–Crippen MR) is 84.7 cm³/mol. The lowest BCUT2D eigenvalue weighted by molar-refractivity contribution is -0.130. The van der Waals surface area contributed by atoms with Gasteiger partial charge in [-0.05, 0) is 43.2 Å². The standard InChI is InChI=1S/C16H24N2OS/c1-11(2)9-12(3)18-15(19)10-17-16(18)13-5-7-14(20-4)8-6-13/h5-8,11-12,16-17H,9-10H2,1-4H3. The van der Waals surface area contributed by atoms with Gasteiger partial charge in [0.25, 0.3) is 0 Å². The molecule has 1 N–H and O–H groups in total. The molecule has 1 aliphatic heterocycles.